The van der Waals surface area contributed by atoms with E-state index in [1.165, 1.54) is 29.5 Å². The van der Waals surface area contributed by atoms with Crippen molar-refractivity contribution in [3.63, 3.8) is 0 Å². The van der Waals surface area contributed by atoms with E-state index in [0.29, 0.717) is 0 Å². The van der Waals surface area contributed by atoms with Crippen molar-refractivity contribution in [1.29, 1.82) is 0 Å². The van der Waals surface area contributed by atoms with Crippen LogP contribution in [0.5, 0.6) is 5.75 Å². The SMILES string of the molecule is COc1c(C(N)C2(C)CC2)cc(C)cc1C(C)(C)C. The molecule has 0 aliphatic heterocycles. The second-order valence-electron chi connectivity index (χ2n) is 7.32. The Morgan fingerprint density at radius 3 is 2.26 bits per heavy atom. The van der Waals surface area contributed by atoms with Gasteiger partial charge in [-0.15, -0.1) is 0 Å². The quantitative estimate of drug-likeness (QED) is 0.889. The van der Waals surface area contributed by atoms with Crippen LogP contribution < -0.4 is 10.5 Å². The number of ether oxygens (including phenoxy) is 1. The van der Waals surface area contributed by atoms with Gasteiger partial charge in [0.05, 0.1) is 7.11 Å². The van der Waals surface area contributed by atoms with E-state index in [1.54, 1.807) is 7.11 Å². The molecule has 0 saturated heterocycles. The molecule has 2 nitrogen and oxygen atoms in total. The lowest BCUT2D eigenvalue weighted by Crippen LogP contribution is -2.23. The Kier molecular flexibility index (Phi) is 3.42. The van der Waals surface area contributed by atoms with Gasteiger partial charge in [-0.25, -0.2) is 0 Å². The molecule has 2 rings (SSSR count). The minimum Gasteiger partial charge on any atom is -0.496 e. The van der Waals surface area contributed by atoms with Crippen molar-refractivity contribution in [1.82, 2.24) is 0 Å². The topological polar surface area (TPSA) is 35.2 Å². The average Bonchev–Trinajstić information content (AvgIpc) is 3.05. The molecule has 0 spiro atoms. The number of aryl methyl sites for hydroxylation is 1. The highest BCUT2D eigenvalue weighted by molar-refractivity contribution is 5.50. The van der Waals surface area contributed by atoms with Gasteiger partial charge in [0, 0.05) is 17.2 Å². The summed E-state index contributed by atoms with van der Waals surface area (Å²) in [6.45, 7) is 11.1. The summed E-state index contributed by atoms with van der Waals surface area (Å²) >= 11 is 0. The molecule has 0 amide bonds. The van der Waals surface area contributed by atoms with Gasteiger partial charge in [-0.3, -0.25) is 0 Å². The Hall–Kier alpha value is -1.02. The molecule has 1 unspecified atom stereocenters. The van der Waals surface area contributed by atoms with Gasteiger partial charge in [0.25, 0.3) is 0 Å². The molecule has 1 fully saturated rings. The third-order valence-electron chi connectivity index (χ3n) is 4.40. The number of rotatable bonds is 3. The van der Waals surface area contributed by atoms with Gasteiger partial charge in [0.1, 0.15) is 5.75 Å². The van der Waals surface area contributed by atoms with Gasteiger partial charge >= 0.3 is 0 Å². The summed E-state index contributed by atoms with van der Waals surface area (Å²) in [5.41, 5.74) is 10.5. The molecule has 19 heavy (non-hydrogen) atoms. The maximum Gasteiger partial charge on any atom is 0.127 e. The molecule has 1 aromatic rings. The van der Waals surface area contributed by atoms with Crippen LogP contribution in [-0.4, -0.2) is 7.11 Å². The first-order valence-corrected chi connectivity index (χ1v) is 7.13. The summed E-state index contributed by atoms with van der Waals surface area (Å²) in [5, 5.41) is 0. The molecule has 0 aromatic heterocycles. The zero-order valence-corrected chi connectivity index (χ0v) is 13.1. The van der Waals surface area contributed by atoms with Crippen LogP contribution in [0.1, 0.15) is 63.3 Å². The third-order valence-corrected chi connectivity index (χ3v) is 4.40. The fraction of sp³-hybridized carbons (Fsp3) is 0.647. The van der Waals surface area contributed by atoms with E-state index in [-0.39, 0.29) is 16.9 Å². The van der Waals surface area contributed by atoms with Crippen molar-refractivity contribution in [2.24, 2.45) is 11.1 Å². The molecule has 1 aliphatic rings. The Balaban J connectivity index is 2.57. The molecular weight excluding hydrogens is 234 g/mol. The smallest absolute Gasteiger partial charge is 0.127 e. The highest BCUT2D eigenvalue weighted by Crippen LogP contribution is 2.55. The normalized spacial score (nSPS) is 19.1. The predicted molar refractivity (Wildman–Crippen MR) is 80.7 cm³/mol. The van der Waals surface area contributed by atoms with Gasteiger partial charge in [-0.05, 0) is 30.6 Å². The molecule has 0 bridgehead atoms. The summed E-state index contributed by atoms with van der Waals surface area (Å²) in [5.74, 6) is 0.985. The molecular formula is C17H27NO. The van der Waals surface area contributed by atoms with Crippen LogP contribution in [-0.2, 0) is 5.41 Å². The zero-order valence-electron chi connectivity index (χ0n) is 13.1. The highest BCUT2D eigenvalue weighted by atomic mass is 16.5. The fourth-order valence-corrected chi connectivity index (χ4v) is 2.70. The van der Waals surface area contributed by atoms with Gasteiger partial charge in [0.15, 0.2) is 0 Å². The monoisotopic (exact) mass is 261 g/mol. The van der Waals surface area contributed by atoms with Crippen LogP contribution >= 0.6 is 0 Å². The molecule has 1 saturated carbocycles. The van der Waals surface area contributed by atoms with Crippen LogP contribution in [0.15, 0.2) is 12.1 Å². The van der Waals surface area contributed by atoms with E-state index < -0.39 is 0 Å². The van der Waals surface area contributed by atoms with Crippen molar-refractivity contribution in [3.8, 4) is 5.75 Å². The van der Waals surface area contributed by atoms with E-state index in [1.807, 2.05) is 0 Å². The first-order chi connectivity index (χ1) is 8.69. The molecule has 2 heteroatoms. The summed E-state index contributed by atoms with van der Waals surface area (Å²) in [6.07, 6.45) is 2.44. The van der Waals surface area contributed by atoms with Crippen LogP contribution in [0.3, 0.4) is 0 Å². The molecule has 1 atom stereocenters. The Morgan fingerprint density at radius 1 is 1.26 bits per heavy atom. The van der Waals surface area contributed by atoms with Crippen molar-refractivity contribution < 1.29 is 4.74 Å². The molecule has 0 radical (unpaired) electrons. The second kappa shape index (κ2) is 4.52. The number of benzene rings is 1. The molecule has 1 aliphatic carbocycles. The lowest BCUT2D eigenvalue weighted by atomic mass is 9.81. The van der Waals surface area contributed by atoms with E-state index in [4.69, 9.17) is 10.5 Å². The fourth-order valence-electron chi connectivity index (χ4n) is 2.70. The van der Waals surface area contributed by atoms with Crippen LogP contribution in [0.2, 0.25) is 0 Å². The first-order valence-electron chi connectivity index (χ1n) is 7.13. The van der Waals surface area contributed by atoms with Gasteiger partial charge < -0.3 is 10.5 Å². The number of hydrogen-bond donors (Lipinski definition) is 1. The maximum atomic E-state index is 6.51. The van der Waals surface area contributed by atoms with Crippen LogP contribution in [0.4, 0.5) is 0 Å². The lowest BCUT2D eigenvalue weighted by molar-refractivity contribution is 0.372. The van der Waals surface area contributed by atoms with Crippen molar-refractivity contribution in [2.45, 2.75) is 58.9 Å². The Bertz CT molecular complexity index is 481. The summed E-state index contributed by atoms with van der Waals surface area (Å²) in [4.78, 5) is 0. The second-order valence-corrected chi connectivity index (χ2v) is 7.32. The first kappa shape index (κ1) is 14.4. The van der Waals surface area contributed by atoms with Gasteiger partial charge in [-0.2, -0.15) is 0 Å². The minimum absolute atomic E-state index is 0.0658. The third kappa shape index (κ3) is 2.64. The van der Waals surface area contributed by atoms with Crippen molar-refractivity contribution >= 4 is 0 Å². The van der Waals surface area contributed by atoms with Gasteiger partial charge in [-0.1, -0.05) is 45.4 Å². The summed E-state index contributed by atoms with van der Waals surface area (Å²) in [7, 11) is 1.76. The van der Waals surface area contributed by atoms with E-state index in [2.05, 4.69) is 46.8 Å². The standard InChI is InChI=1S/C17H27NO/c1-11-9-12(15(18)17(5)7-8-17)14(19-6)13(10-11)16(2,3)4/h9-10,15H,7-8,18H2,1-6H3. The zero-order chi connectivity index (χ0) is 14.4. The van der Waals surface area contributed by atoms with E-state index in [9.17, 15) is 0 Å². The Morgan fingerprint density at radius 2 is 1.84 bits per heavy atom. The number of nitrogens with two attached hydrogens (primary N) is 1. The van der Waals surface area contributed by atoms with Crippen LogP contribution in [0.25, 0.3) is 0 Å². The van der Waals surface area contributed by atoms with Gasteiger partial charge in [0.2, 0.25) is 0 Å². The average molecular weight is 261 g/mol. The largest absolute Gasteiger partial charge is 0.496 e. The molecule has 0 heterocycles. The number of hydrogen-bond acceptors (Lipinski definition) is 2. The van der Waals surface area contributed by atoms with Crippen molar-refractivity contribution in [2.75, 3.05) is 7.11 Å². The van der Waals surface area contributed by atoms with E-state index >= 15 is 0 Å². The molecule has 1 aromatic carbocycles. The summed E-state index contributed by atoms with van der Waals surface area (Å²) in [6, 6.07) is 4.50. The minimum atomic E-state index is 0.0658. The lowest BCUT2D eigenvalue weighted by Gasteiger charge is -2.28. The molecule has 106 valence electrons. The highest BCUT2D eigenvalue weighted by Gasteiger charge is 2.45. The predicted octanol–water partition coefficient (Wildman–Crippen LogP) is 4.10. The van der Waals surface area contributed by atoms with E-state index in [0.717, 1.165) is 5.75 Å². The van der Waals surface area contributed by atoms with Crippen LogP contribution in [0, 0.1) is 12.3 Å². The Labute approximate surface area is 117 Å². The van der Waals surface area contributed by atoms with Crippen molar-refractivity contribution in [3.05, 3.63) is 28.8 Å². The summed E-state index contributed by atoms with van der Waals surface area (Å²) < 4.78 is 5.72. The maximum absolute atomic E-state index is 6.51. The molecule has 2 N–H and O–H groups in total. The number of methoxy groups -OCH3 is 1.